The molecule has 0 saturated heterocycles. The molecule has 1 aromatic carbocycles. The Morgan fingerprint density at radius 1 is 1.20 bits per heavy atom. The van der Waals surface area contributed by atoms with Crippen molar-refractivity contribution in [3.63, 3.8) is 0 Å². The molecule has 0 saturated carbocycles. The molecule has 0 spiro atoms. The van der Waals surface area contributed by atoms with Gasteiger partial charge in [0.05, 0.1) is 6.61 Å². The van der Waals surface area contributed by atoms with Gasteiger partial charge in [0.1, 0.15) is 5.82 Å². The molecule has 0 amide bonds. The number of aromatic nitrogens is 2. The predicted molar refractivity (Wildman–Crippen MR) is 83.7 cm³/mol. The Labute approximate surface area is 124 Å². The summed E-state index contributed by atoms with van der Waals surface area (Å²) in [5.74, 6) is 0.873. The Balaban J connectivity index is 2.01. The van der Waals surface area contributed by atoms with Crippen LogP contribution in [0.2, 0.25) is 0 Å². The van der Waals surface area contributed by atoms with Crippen LogP contribution in [0, 0.1) is 0 Å². The Kier molecular flexibility index (Phi) is 4.73. The van der Waals surface area contributed by atoms with E-state index < -0.39 is 0 Å². The van der Waals surface area contributed by atoms with Crippen molar-refractivity contribution in [2.75, 3.05) is 11.9 Å². The van der Waals surface area contributed by atoms with Gasteiger partial charge < -0.3 is 10.1 Å². The third-order valence-electron chi connectivity index (χ3n) is 2.77. The summed E-state index contributed by atoms with van der Waals surface area (Å²) in [4.78, 5) is 4.52. The first-order chi connectivity index (χ1) is 9.49. The van der Waals surface area contributed by atoms with Gasteiger partial charge in [-0.15, -0.1) is 0 Å². The van der Waals surface area contributed by atoms with Crippen molar-refractivity contribution in [3.8, 4) is 0 Å². The number of anilines is 2. The maximum Gasteiger partial charge on any atom is 0.207 e. The van der Waals surface area contributed by atoms with Gasteiger partial charge in [-0.1, -0.05) is 32.9 Å². The van der Waals surface area contributed by atoms with Crippen molar-refractivity contribution < 1.29 is 4.74 Å². The third kappa shape index (κ3) is 4.02. The van der Waals surface area contributed by atoms with E-state index in [0.717, 1.165) is 23.3 Å². The number of hydrogen-bond acceptors (Lipinski definition) is 5. The second kappa shape index (κ2) is 6.33. The van der Waals surface area contributed by atoms with Crippen LogP contribution in [0.5, 0.6) is 0 Å². The number of rotatable bonds is 5. The van der Waals surface area contributed by atoms with Crippen LogP contribution in [0.4, 0.5) is 10.8 Å². The van der Waals surface area contributed by atoms with Gasteiger partial charge in [-0.25, -0.2) is 4.98 Å². The monoisotopic (exact) mass is 291 g/mol. The average molecular weight is 291 g/mol. The van der Waals surface area contributed by atoms with Gasteiger partial charge >= 0.3 is 0 Å². The molecule has 0 fully saturated rings. The van der Waals surface area contributed by atoms with Gasteiger partial charge in [0, 0.05) is 29.2 Å². The van der Waals surface area contributed by atoms with Crippen molar-refractivity contribution in [2.24, 2.45) is 0 Å². The van der Waals surface area contributed by atoms with E-state index in [1.165, 1.54) is 17.1 Å². The molecule has 1 N–H and O–H groups in total. The molecule has 1 heterocycles. The third-order valence-corrected chi connectivity index (χ3v) is 3.41. The van der Waals surface area contributed by atoms with Gasteiger partial charge in [-0.2, -0.15) is 4.37 Å². The van der Waals surface area contributed by atoms with Crippen LogP contribution < -0.4 is 5.32 Å². The smallest absolute Gasteiger partial charge is 0.207 e. The molecule has 20 heavy (non-hydrogen) atoms. The van der Waals surface area contributed by atoms with E-state index in [2.05, 4.69) is 47.6 Å². The van der Waals surface area contributed by atoms with Gasteiger partial charge in [0.2, 0.25) is 5.13 Å². The number of ether oxygens (including phenoxy) is 1. The summed E-state index contributed by atoms with van der Waals surface area (Å²) in [5, 5.41) is 4.11. The molecule has 0 radical (unpaired) electrons. The van der Waals surface area contributed by atoms with E-state index in [0.29, 0.717) is 6.61 Å². The maximum atomic E-state index is 5.38. The SMILES string of the molecule is CCOCc1ccc(Nc2nc(C(C)(C)C)ns2)cc1. The average Bonchev–Trinajstić information content (AvgIpc) is 2.86. The van der Waals surface area contributed by atoms with Crippen molar-refractivity contribution in [2.45, 2.75) is 39.7 Å². The summed E-state index contributed by atoms with van der Waals surface area (Å²) in [6.45, 7) is 9.73. The minimum atomic E-state index is -0.0161. The molecular formula is C15H21N3OS. The van der Waals surface area contributed by atoms with Gasteiger partial charge in [-0.3, -0.25) is 0 Å². The minimum absolute atomic E-state index is 0.0161. The van der Waals surface area contributed by atoms with Crippen LogP contribution in [0.25, 0.3) is 0 Å². The molecule has 0 bridgehead atoms. The van der Waals surface area contributed by atoms with E-state index in [1.54, 1.807) is 0 Å². The van der Waals surface area contributed by atoms with Crippen LogP contribution in [-0.2, 0) is 16.8 Å². The molecule has 0 aliphatic carbocycles. The zero-order chi connectivity index (χ0) is 14.6. The zero-order valence-corrected chi connectivity index (χ0v) is 13.3. The fourth-order valence-electron chi connectivity index (χ4n) is 1.61. The first-order valence-electron chi connectivity index (χ1n) is 6.77. The quantitative estimate of drug-likeness (QED) is 0.900. The number of hydrogen-bond donors (Lipinski definition) is 1. The molecule has 5 heteroatoms. The summed E-state index contributed by atoms with van der Waals surface area (Å²) in [6.07, 6.45) is 0. The van der Waals surface area contributed by atoms with Crippen LogP contribution in [0.3, 0.4) is 0 Å². The second-order valence-corrected chi connectivity index (χ2v) is 6.38. The molecular weight excluding hydrogens is 270 g/mol. The van der Waals surface area contributed by atoms with Crippen LogP contribution in [0.15, 0.2) is 24.3 Å². The maximum absolute atomic E-state index is 5.38. The summed E-state index contributed by atoms with van der Waals surface area (Å²) < 4.78 is 9.77. The Morgan fingerprint density at radius 2 is 1.90 bits per heavy atom. The Morgan fingerprint density at radius 3 is 2.45 bits per heavy atom. The molecule has 2 rings (SSSR count). The Hall–Kier alpha value is -1.46. The van der Waals surface area contributed by atoms with E-state index in [1.807, 2.05) is 19.1 Å². The summed E-state index contributed by atoms with van der Waals surface area (Å²) in [5.41, 5.74) is 2.17. The molecule has 108 valence electrons. The van der Waals surface area contributed by atoms with Crippen molar-refractivity contribution in [1.29, 1.82) is 0 Å². The van der Waals surface area contributed by atoms with Crippen molar-refractivity contribution in [3.05, 3.63) is 35.7 Å². The van der Waals surface area contributed by atoms with Crippen molar-refractivity contribution >= 4 is 22.4 Å². The summed E-state index contributed by atoms with van der Waals surface area (Å²) >= 11 is 1.39. The van der Waals surface area contributed by atoms with Crippen LogP contribution >= 0.6 is 11.5 Å². The highest BCUT2D eigenvalue weighted by atomic mass is 32.1. The van der Waals surface area contributed by atoms with E-state index in [9.17, 15) is 0 Å². The fourth-order valence-corrected chi connectivity index (χ4v) is 2.38. The first kappa shape index (κ1) is 14.9. The number of nitrogens with zero attached hydrogens (tertiary/aromatic N) is 2. The lowest BCUT2D eigenvalue weighted by atomic mass is 9.96. The highest BCUT2D eigenvalue weighted by molar-refractivity contribution is 7.09. The lowest BCUT2D eigenvalue weighted by Gasteiger charge is -2.12. The molecule has 0 aliphatic heterocycles. The van der Waals surface area contributed by atoms with Crippen molar-refractivity contribution in [1.82, 2.24) is 9.36 Å². The predicted octanol–water partition coefficient (Wildman–Crippen LogP) is 4.12. The van der Waals surface area contributed by atoms with Crippen LogP contribution in [-0.4, -0.2) is 16.0 Å². The molecule has 4 nitrogen and oxygen atoms in total. The second-order valence-electron chi connectivity index (χ2n) is 5.63. The number of nitrogens with one attached hydrogen (secondary N) is 1. The number of benzene rings is 1. The van der Waals surface area contributed by atoms with Gasteiger partial charge in [0.25, 0.3) is 0 Å². The van der Waals surface area contributed by atoms with Gasteiger partial charge in [0.15, 0.2) is 0 Å². The summed E-state index contributed by atoms with van der Waals surface area (Å²) in [6, 6.07) is 8.19. The normalized spacial score (nSPS) is 11.6. The lowest BCUT2D eigenvalue weighted by Crippen LogP contribution is -2.13. The largest absolute Gasteiger partial charge is 0.377 e. The molecule has 2 aromatic rings. The van der Waals surface area contributed by atoms with E-state index in [4.69, 9.17) is 4.74 Å². The standard InChI is InChI=1S/C15H21N3OS/c1-5-19-10-11-6-8-12(9-7-11)16-14-17-13(18-20-14)15(2,3)4/h6-9H,5,10H2,1-4H3,(H,16,17,18). The highest BCUT2D eigenvalue weighted by Gasteiger charge is 2.19. The Bertz CT molecular complexity index is 543. The first-order valence-corrected chi connectivity index (χ1v) is 7.54. The van der Waals surface area contributed by atoms with Gasteiger partial charge in [-0.05, 0) is 24.6 Å². The van der Waals surface area contributed by atoms with E-state index in [-0.39, 0.29) is 5.41 Å². The molecule has 0 unspecified atom stereocenters. The van der Waals surface area contributed by atoms with E-state index >= 15 is 0 Å². The zero-order valence-electron chi connectivity index (χ0n) is 12.4. The molecule has 1 aromatic heterocycles. The molecule has 0 aliphatic rings. The highest BCUT2D eigenvalue weighted by Crippen LogP contribution is 2.25. The minimum Gasteiger partial charge on any atom is -0.377 e. The lowest BCUT2D eigenvalue weighted by molar-refractivity contribution is 0.134. The summed E-state index contributed by atoms with van der Waals surface area (Å²) in [7, 11) is 0. The van der Waals surface area contributed by atoms with Crippen LogP contribution in [0.1, 0.15) is 39.1 Å². The molecule has 0 atom stereocenters. The topological polar surface area (TPSA) is 47.0 Å². The fraction of sp³-hybridized carbons (Fsp3) is 0.467.